The zero-order chi connectivity index (χ0) is 20.1. The molecule has 152 valence electrons. The van der Waals surface area contributed by atoms with Crippen LogP contribution >= 0.6 is 0 Å². The van der Waals surface area contributed by atoms with Crippen molar-refractivity contribution in [1.29, 1.82) is 0 Å². The second kappa shape index (κ2) is 9.07. The van der Waals surface area contributed by atoms with Crippen molar-refractivity contribution in [1.82, 2.24) is 14.8 Å². The SMILES string of the molecule is CC(c1ccccc1)N(Cc1ccco1)Cc1nc(C(=O)N2CCOCC2)co1. The van der Waals surface area contributed by atoms with Gasteiger partial charge in [0.05, 0.1) is 32.6 Å². The quantitative estimate of drug-likeness (QED) is 0.610. The van der Waals surface area contributed by atoms with Crippen molar-refractivity contribution in [3.63, 3.8) is 0 Å². The molecule has 1 amide bonds. The van der Waals surface area contributed by atoms with E-state index in [9.17, 15) is 4.79 Å². The molecule has 1 aliphatic heterocycles. The first kappa shape index (κ1) is 19.4. The monoisotopic (exact) mass is 395 g/mol. The topological polar surface area (TPSA) is 72.0 Å². The number of aromatic nitrogens is 1. The molecule has 7 nitrogen and oxygen atoms in total. The fourth-order valence-electron chi connectivity index (χ4n) is 3.46. The molecule has 2 aromatic heterocycles. The Hall–Kier alpha value is -2.90. The Bertz CT molecular complexity index is 901. The fraction of sp³-hybridized carbons (Fsp3) is 0.364. The van der Waals surface area contributed by atoms with Gasteiger partial charge in [0.2, 0.25) is 5.89 Å². The lowest BCUT2D eigenvalue weighted by atomic mass is 10.1. The highest BCUT2D eigenvalue weighted by atomic mass is 16.5. The molecule has 0 saturated carbocycles. The van der Waals surface area contributed by atoms with Crippen LogP contribution in [0.2, 0.25) is 0 Å². The summed E-state index contributed by atoms with van der Waals surface area (Å²) in [5.74, 6) is 1.26. The van der Waals surface area contributed by atoms with Gasteiger partial charge in [0.25, 0.3) is 5.91 Å². The molecule has 1 fully saturated rings. The van der Waals surface area contributed by atoms with E-state index in [0.29, 0.717) is 51.0 Å². The lowest BCUT2D eigenvalue weighted by Gasteiger charge is -2.27. The molecule has 3 aromatic rings. The van der Waals surface area contributed by atoms with Gasteiger partial charge < -0.3 is 18.5 Å². The standard InChI is InChI=1S/C22H25N3O4/c1-17(18-6-3-2-4-7-18)25(14-19-8-5-11-28-19)15-21-23-20(16-29-21)22(26)24-9-12-27-13-10-24/h2-8,11,16-17H,9-10,12-15H2,1H3. The average molecular weight is 395 g/mol. The molecule has 1 saturated heterocycles. The van der Waals surface area contributed by atoms with Gasteiger partial charge in [-0.2, -0.15) is 0 Å². The molecule has 1 aromatic carbocycles. The van der Waals surface area contributed by atoms with E-state index in [-0.39, 0.29) is 11.9 Å². The Morgan fingerprint density at radius 3 is 2.62 bits per heavy atom. The summed E-state index contributed by atoms with van der Waals surface area (Å²) in [6, 6.07) is 14.2. The van der Waals surface area contributed by atoms with Gasteiger partial charge in [-0.05, 0) is 24.6 Å². The molecule has 0 bridgehead atoms. The number of nitrogens with zero attached hydrogens (tertiary/aromatic N) is 3. The van der Waals surface area contributed by atoms with Crippen molar-refractivity contribution in [2.75, 3.05) is 26.3 Å². The highest BCUT2D eigenvalue weighted by Gasteiger charge is 2.24. The van der Waals surface area contributed by atoms with E-state index in [1.807, 2.05) is 30.3 Å². The minimum Gasteiger partial charge on any atom is -0.468 e. The van der Waals surface area contributed by atoms with Crippen LogP contribution in [-0.4, -0.2) is 47.0 Å². The van der Waals surface area contributed by atoms with Crippen molar-refractivity contribution < 1.29 is 18.4 Å². The molecule has 0 spiro atoms. The highest BCUT2D eigenvalue weighted by Crippen LogP contribution is 2.24. The minimum absolute atomic E-state index is 0.114. The molecule has 1 atom stereocenters. The maximum Gasteiger partial charge on any atom is 0.275 e. The molecule has 7 heteroatoms. The Morgan fingerprint density at radius 2 is 1.90 bits per heavy atom. The van der Waals surface area contributed by atoms with Crippen molar-refractivity contribution in [3.8, 4) is 0 Å². The van der Waals surface area contributed by atoms with Crippen LogP contribution in [0.1, 0.15) is 40.7 Å². The molecule has 0 radical (unpaired) electrons. The summed E-state index contributed by atoms with van der Waals surface area (Å²) in [7, 11) is 0. The van der Waals surface area contributed by atoms with Gasteiger partial charge in [-0.25, -0.2) is 4.98 Å². The van der Waals surface area contributed by atoms with Crippen LogP contribution in [0.15, 0.2) is 63.8 Å². The predicted molar refractivity (Wildman–Crippen MR) is 106 cm³/mol. The minimum atomic E-state index is -0.114. The van der Waals surface area contributed by atoms with Gasteiger partial charge in [0, 0.05) is 19.1 Å². The van der Waals surface area contributed by atoms with E-state index in [0.717, 1.165) is 5.76 Å². The zero-order valence-corrected chi connectivity index (χ0v) is 16.5. The first-order valence-electron chi connectivity index (χ1n) is 9.83. The van der Waals surface area contributed by atoms with Crippen molar-refractivity contribution in [2.45, 2.75) is 26.1 Å². The number of furan rings is 1. The molecule has 0 aliphatic carbocycles. The van der Waals surface area contributed by atoms with Crippen LogP contribution in [0, 0.1) is 0 Å². The highest BCUT2D eigenvalue weighted by molar-refractivity contribution is 5.92. The summed E-state index contributed by atoms with van der Waals surface area (Å²) in [5.41, 5.74) is 1.53. The summed E-state index contributed by atoms with van der Waals surface area (Å²) in [6.45, 7) is 5.49. The fourth-order valence-corrected chi connectivity index (χ4v) is 3.46. The summed E-state index contributed by atoms with van der Waals surface area (Å²) in [4.78, 5) is 21.0. The van der Waals surface area contributed by atoms with E-state index in [1.54, 1.807) is 11.2 Å². The van der Waals surface area contributed by atoms with E-state index < -0.39 is 0 Å². The lowest BCUT2D eigenvalue weighted by molar-refractivity contribution is 0.0299. The number of carbonyl (C=O) groups is 1. The molecular formula is C22H25N3O4. The normalized spacial score (nSPS) is 15.6. The smallest absolute Gasteiger partial charge is 0.275 e. The van der Waals surface area contributed by atoms with Crippen molar-refractivity contribution in [3.05, 3.63) is 77.9 Å². The Morgan fingerprint density at radius 1 is 1.10 bits per heavy atom. The Balaban J connectivity index is 1.50. The third-order valence-electron chi connectivity index (χ3n) is 5.18. The van der Waals surface area contributed by atoms with Gasteiger partial charge in [0.1, 0.15) is 12.0 Å². The zero-order valence-electron chi connectivity index (χ0n) is 16.5. The summed E-state index contributed by atoms with van der Waals surface area (Å²) >= 11 is 0. The molecule has 29 heavy (non-hydrogen) atoms. The van der Waals surface area contributed by atoms with Crippen LogP contribution in [0.25, 0.3) is 0 Å². The molecule has 3 heterocycles. The van der Waals surface area contributed by atoms with Crippen molar-refractivity contribution in [2.24, 2.45) is 0 Å². The number of hydrogen-bond acceptors (Lipinski definition) is 6. The number of ether oxygens (including phenoxy) is 1. The van der Waals surface area contributed by atoms with Gasteiger partial charge in [0.15, 0.2) is 5.69 Å². The van der Waals surface area contributed by atoms with E-state index in [1.165, 1.54) is 11.8 Å². The van der Waals surface area contributed by atoms with E-state index in [2.05, 4.69) is 28.9 Å². The summed E-state index contributed by atoms with van der Waals surface area (Å²) in [5, 5.41) is 0. The number of rotatable bonds is 7. The van der Waals surface area contributed by atoms with Crippen LogP contribution in [0.3, 0.4) is 0 Å². The molecule has 1 aliphatic rings. The number of morpholine rings is 1. The van der Waals surface area contributed by atoms with Crippen LogP contribution in [-0.2, 0) is 17.8 Å². The maximum absolute atomic E-state index is 12.6. The second-order valence-electron chi connectivity index (χ2n) is 7.10. The number of carbonyl (C=O) groups excluding carboxylic acids is 1. The molecular weight excluding hydrogens is 370 g/mol. The number of oxazole rings is 1. The maximum atomic E-state index is 12.6. The van der Waals surface area contributed by atoms with E-state index in [4.69, 9.17) is 13.6 Å². The third-order valence-corrected chi connectivity index (χ3v) is 5.18. The Kier molecular flexibility index (Phi) is 6.07. The summed E-state index contributed by atoms with van der Waals surface area (Å²) < 4.78 is 16.5. The second-order valence-corrected chi connectivity index (χ2v) is 7.10. The van der Waals surface area contributed by atoms with Crippen LogP contribution in [0.5, 0.6) is 0 Å². The Labute approximate surface area is 169 Å². The number of benzene rings is 1. The first-order valence-corrected chi connectivity index (χ1v) is 9.83. The van der Waals surface area contributed by atoms with Crippen LogP contribution < -0.4 is 0 Å². The summed E-state index contributed by atoms with van der Waals surface area (Å²) in [6.07, 6.45) is 3.12. The number of hydrogen-bond donors (Lipinski definition) is 0. The van der Waals surface area contributed by atoms with Crippen molar-refractivity contribution >= 4 is 5.91 Å². The molecule has 0 N–H and O–H groups in total. The first-order chi connectivity index (χ1) is 14.2. The largest absolute Gasteiger partial charge is 0.468 e. The van der Waals surface area contributed by atoms with Gasteiger partial charge in [-0.15, -0.1) is 0 Å². The van der Waals surface area contributed by atoms with Gasteiger partial charge >= 0.3 is 0 Å². The average Bonchev–Trinajstić information content (AvgIpc) is 3.46. The third kappa shape index (κ3) is 4.75. The van der Waals surface area contributed by atoms with E-state index >= 15 is 0 Å². The lowest BCUT2D eigenvalue weighted by Crippen LogP contribution is -2.40. The predicted octanol–water partition coefficient (Wildman–Crippen LogP) is 3.50. The molecule has 1 unspecified atom stereocenters. The number of amides is 1. The molecule has 4 rings (SSSR count). The van der Waals surface area contributed by atoms with Gasteiger partial charge in [-0.3, -0.25) is 9.69 Å². The van der Waals surface area contributed by atoms with Crippen LogP contribution in [0.4, 0.5) is 0 Å². The van der Waals surface area contributed by atoms with Gasteiger partial charge in [-0.1, -0.05) is 30.3 Å².